The molecule has 0 amide bonds. The summed E-state index contributed by atoms with van der Waals surface area (Å²) in [7, 11) is 2.85. The fourth-order valence-corrected chi connectivity index (χ4v) is 2.00. The maximum atomic E-state index is 2.85. The minimum Gasteiger partial charge on any atom is -0.130 e. The molecular formula is C12H15P. The van der Waals surface area contributed by atoms with Crippen molar-refractivity contribution in [3.63, 3.8) is 0 Å². The Morgan fingerprint density at radius 3 is 2.69 bits per heavy atom. The van der Waals surface area contributed by atoms with Crippen LogP contribution in [0.2, 0.25) is 0 Å². The molecule has 0 fully saturated rings. The van der Waals surface area contributed by atoms with Gasteiger partial charge in [-0.05, 0) is 24.1 Å². The van der Waals surface area contributed by atoms with Crippen LogP contribution in [0.1, 0.15) is 12.8 Å². The van der Waals surface area contributed by atoms with Gasteiger partial charge in [-0.15, -0.1) is 9.24 Å². The molecule has 0 radical (unpaired) electrons. The molecule has 0 nitrogen and oxygen atoms in total. The molecule has 0 saturated heterocycles. The Hall–Kier alpha value is -0.610. The van der Waals surface area contributed by atoms with Gasteiger partial charge in [0.05, 0.1) is 0 Å². The zero-order valence-electron chi connectivity index (χ0n) is 7.69. The van der Waals surface area contributed by atoms with Crippen LogP contribution in [0, 0.1) is 5.92 Å². The minimum absolute atomic E-state index is 0.624. The lowest BCUT2D eigenvalue weighted by Crippen LogP contribution is -2.05. The average molecular weight is 190 g/mol. The van der Waals surface area contributed by atoms with Crippen molar-refractivity contribution in [2.45, 2.75) is 18.5 Å². The van der Waals surface area contributed by atoms with Crippen molar-refractivity contribution >= 4 is 9.24 Å². The van der Waals surface area contributed by atoms with Crippen molar-refractivity contribution in [2.75, 3.05) is 0 Å². The Balaban J connectivity index is 2.06. The molecule has 68 valence electrons. The smallest absolute Gasteiger partial charge is 0.00524 e. The van der Waals surface area contributed by atoms with E-state index in [0.29, 0.717) is 11.6 Å². The van der Waals surface area contributed by atoms with E-state index in [1.165, 1.54) is 12.0 Å². The molecule has 0 heterocycles. The molecule has 2 aliphatic rings. The lowest BCUT2D eigenvalue weighted by Gasteiger charge is -2.18. The standard InChI is InChI=1S/C12H15P/c13-12-8-6-11(7-9-12)10-4-2-1-3-5-10/h1-4,6-8,10,12H,5,9,13H2. The van der Waals surface area contributed by atoms with Crippen molar-refractivity contribution in [2.24, 2.45) is 5.92 Å². The van der Waals surface area contributed by atoms with Gasteiger partial charge in [-0.1, -0.05) is 42.5 Å². The van der Waals surface area contributed by atoms with Crippen LogP contribution >= 0.6 is 9.24 Å². The molecule has 0 aromatic heterocycles. The van der Waals surface area contributed by atoms with Gasteiger partial charge in [0.15, 0.2) is 0 Å². The third-order valence-electron chi connectivity index (χ3n) is 2.57. The summed E-state index contributed by atoms with van der Waals surface area (Å²) >= 11 is 0. The first-order valence-electron chi connectivity index (χ1n) is 4.83. The van der Waals surface area contributed by atoms with Gasteiger partial charge < -0.3 is 0 Å². The summed E-state index contributed by atoms with van der Waals surface area (Å²) in [4.78, 5) is 0. The Kier molecular flexibility index (Phi) is 2.80. The Labute approximate surface area is 82.3 Å². The van der Waals surface area contributed by atoms with Crippen molar-refractivity contribution in [1.82, 2.24) is 0 Å². The molecule has 0 aromatic carbocycles. The van der Waals surface area contributed by atoms with E-state index in [1.54, 1.807) is 0 Å². The molecule has 0 spiro atoms. The topological polar surface area (TPSA) is 0 Å². The maximum Gasteiger partial charge on any atom is 0.00524 e. The quantitative estimate of drug-likeness (QED) is 0.557. The van der Waals surface area contributed by atoms with E-state index in [0.717, 1.165) is 6.42 Å². The molecule has 3 unspecified atom stereocenters. The van der Waals surface area contributed by atoms with E-state index in [1.807, 2.05) is 0 Å². The highest BCUT2D eigenvalue weighted by Crippen LogP contribution is 2.27. The summed E-state index contributed by atoms with van der Waals surface area (Å²) in [6.45, 7) is 0. The normalized spacial score (nSPS) is 31.9. The summed E-state index contributed by atoms with van der Waals surface area (Å²) in [5.41, 5.74) is 2.13. The molecule has 0 saturated carbocycles. The number of hydrogen-bond acceptors (Lipinski definition) is 0. The van der Waals surface area contributed by atoms with Crippen molar-refractivity contribution in [3.8, 4) is 0 Å². The van der Waals surface area contributed by atoms with Crippen LogP contribution in [0.25, 0.3) is 0 Å². The molecule has 0 bridgehead atoms. The molecule has 13 heavy (non-hydrogen) atoms. The lowest BCUT2D eigenvalue weighted by atomic mass is 9.89. The van der Waals surface area contributed by atoms with Gasteiger partial charge >= 0.3 is 0 Å². The maximum absolute atomic E-state index is 2.85. The molecule has 2 aliphatic carbocycles. The zero-order valence-corrected chi connectivity index (χ0v) is 8.84. The molecule has 3 atom stereocenters. The fraction of sp³-hybridized carbons (Fsp3) is 0.333. The molecule has 1 heteroatoms. The highest BCUT2D eigenvalue weighted by Gasteiger charge is 2.12. The van der Waals surface area contributed by atoms with E-state index in [-0.39, 0.29) is 0 Å². The van der Waals surface area contributed by atoms with Crippen LogP contribution in [-0.2, 0) is 0 Å². The first-order valence-corrected chi connectivity index (χ1v) is 5.50. The van der Waals surface area contributed by atoms with Gasteiger partial charge in [-0.25, -0.2) is 0 Å². The second-order valence-electron chi connectivity index (χ2n) is 3.62. The third kappa shape index (κ3) is 2.19. The minimum atomic E-state index is 0.624. The zero-order chi connectivity index (χ0) is 9.10. The average Bonchev–Trinajstić information content (AvgIpc) is 2.20. The van der Waals surface area contributed by atoms with Gasteiger partial charge in [0.25, 0.3) is 0 Å². The summed E-state index contributed by atoms with van der Waals surface area (Å²) in [6.07, 6.45) is 18.1. The molecule has 2 rings (SSSR count). The first kappa shape index (κ1) is 8.97. The van der Waals surface area contributed by atoms with E-state index in [2.05, 4.69) is 51.8 Å². The Bertz CT molecular complexity index is 294. The summed E-state index contributed by atoms with van der Waals surface area (Å²) < 4.78 is 0. The van der Waals surface area contributed by atoms with Crippen molar-refractivity contribution in [1.29, 1.82) is 0 Å². The van der Waals surface area contributed by atoms with Crippen LogP contribution in [0.4, 0.5) is 0 Å². The van der Waals surface area contributed by atoms with Gasteiger partial charge in [-0.2, -0.15) is 0 Å². The van der Waals surface area contributed by atoms with E-state index in [4.69, 9.17) is 0 Å². The fourth-order valence-electron chi connectivity index (χ4n) is 1.76. The SMILES string of the molecule is PC1C=CC(C2C=CC=CC2)=CC1. The van der Waals surface area contributed by atoms with Gasteiger partial charge in [-0.3, -0.25) is 0 Å². The molecule has 0 aliphatic heterocycles. The number of allylic oxidation sites excluding steroid dienone is 8. The molecule has 0 N–H and O–H groups in total. The third-order valence-corrected chi connectivity index (χ3v) is 3.06. The predicted octanol–water partition coefficient (Wildman–Crippen LogP) is 3.25. The van der Waals surface area contributed by atoms with Crippen molar-refractivity contribution < 1.29 is 0 Å². The first-order chi connectivity index (χ1) is 6.36. The van der Waals surface area contributed by atoms with E-state index < -0.39 is 0 Å². The Morgan fingerprint density at radius 1 is 1.15 bits per heavy atom. The number of hydrogen-bond donors (Lipinski definition) is 0. The summed E-state index contributed by atoms with van der Waals surface area (Å²) in [5.74, 6) is 0.624. The monoisotopic (exact) mass is 190 g/mol. The highest BCUT2D eigenvalue weighted by atomic mass is 31.0. The predicted molar refractivity (Wildman–Crippen MR) is 61.7 cm³/mol. The number of rotatable bonds is 1. The van der Waals surface area contributed by atoms with Crippen LogP contribution in [0.3, 0.4) is 0 Å². The van der Waals surface area contributed by atoms with Crippen LogP contribution in [-0.4, -0.2) is 5.66 Å². The van der Waals surface area contributed by atoms with Crippen LogP contribution < -0.4 is 0 Å². The largest absolute Gasteiger partial charge is 0.130 e. The van der Waals surface area contributed by atoms with Gasteiger partial charge in [0.2, 0.25) is 0 Å². The van der Waals surface area contributed by atoms with Crippen molar-refractivity contribution in [3.05, 3.63) is 48.1 Å². The summed E-state index contributed by atoms with van der Waals surface area (Å²) in [6, 6.07) is 0. The highest BCUT2D eigenvalue weighted by molar-refractivity contribution is 7.17. The van der Waals surface area contributed by atoms with E-state index >= 15 is 0 Å². The van der Waals surface area contributed by atoms with Crippen LogP contribution in [0.5, 0.6) is 0 Å². The Morgan fingerprint density at radius 2 is 2.08 bits per heavy atom. The van der Waals surface area contributed by atoms with Crippen LogP contribution in [0.15, 0.2) is 48.1 Å². The van der Waals surface area contributed by atoms with E-state index in [9.17, 15) is 0 Å². The molecular weight excluding hydrogens is 175 g/mol. The molecule has 0 aromatic rings. The lowest BCUT2D eigenvalue weighted by molar-refractivity contribution is 0.772. The van der Waals surface area contributed by atoms with Gasteiger partial charge in [0.1, 0.15) is 0 Å². The summed E-state index contributed by atoms with van der Waals surface area (Å²) in [5, 5.41) is 0. The van der Waals surface area contributed by atoms with Gasteiger partial charge in [0, 0.05) is 5.92 Å². The second kappa shape index (κ2) is 4.07. The second-order valence-corrected chi connectivity index (χ2v) is 4.47.